The Bertz CT molecular complexity index is 212. The molecule has 0 aromatic heterocycles. The van der Waals surface area contributed by atoms with Crippen molar-refractivity contribution in [2.75, 3.05) is 39.3 Å². The highest BCUT2D eigenvalue weighted by atomic mass is 16.3. The van der Waals surface area contributed by atoms with E-state index in [1.54, 1.807) is 0 Å². The van der Waals surface area contributed by atoms with Crippen LogP contribution in [0.3, 0.4) is 0 Å². The van der Waals surface area contributed by atoms with Crippen LogP contribution in [0.5, 0.6) is 0 Å². The van der Waals surface area contributed by atoms with Crippen LogP contribution < -0.4 is 0 Å². The second kappa shape index (κ2) is 5.10. The molecule has 1 heterocycles. The number of β-amino-alcohol motifs (C(OH)–C–C–N with tert-alkyl or cyclic N) is 1. The molecule has 0 aromatic rings. The van der Waals surface area contributed by atoms with Crippen molar-refractivity contribution in [3.8, 4) is 0 Å². The fourth-order valence-electron chi connectivity index (χ4n) is 2.03. The molecule has 0 radical (unpaired) electrons. The van der Waals surface area contributed by atoms with Crippen LogP contribution in [0.1, 0.15) is 20.8 Å². The van der Waals surface area contributed by atoms with Crippen molar-refractivity contribution in [3.63, 3.8) is 0 Å². The molecular weight excluding hydrogens is 188 g/mol. The summed E-state index contributed by atoms with van der Waals surface area (Å²) in [6.07, 6.45) is 0. The first kappa shape index (κ1) is 12.7. The quantitative estimate of drug-likeness (QED) is 0.703. The molecule has 1 saturated heterocycles. The zero-order valence-corrected chi connectivity index (χ0v) is 10.3. The third-order valence-corrected chi connectivity index (χ3v) is 2.57. The molecule has 3 heteroatoms. The molecule has 0 aliphatic carbocycles. The first-order valence-corrected chi connectivity index (χ1v) is 5.68. The van der Waals surface area contributed by atoms with Gasteiger partial charge in [-0.25, -0.2) is 0 Å². The highest BCUT2D eigenvalue weighted by Gasteiger charge is 2.22. The molecule has 0 bridgehead atoms. The van der Waals surface area contributed by atoms with Crippen molar-refractivity contribution in [3.05, 3.63) is 12.2 Å². The van der Waals surface area contributed by atoms with E-state index in [2.05, 4.69) is 23.3 Å². The standard InChI is InChI=1S/C12H24N2O/c1-11(2)9-13-5-7-14(8-6-13)10-12(3,4)15/h15H,1,5-10H2,2-4H3. The summed E-state index contributed by atoms with van der Waals surface area (Å²) in [7, 11) is 0. The topological polar surface area (TPSA) is 26.7 Å². The van der Waals surface area contributed by atoms with Crippen LogP contribution in [0.25, 0.3) is 0 Å². The maximum absolute atomic E-state index is 9.71. The lowest BCUT2D eigenvalue weighted by Crippen LogP contribution is -2.50. The van der Waals surface area contributed by atoms with E-state index in [9.17, 15) is 5.11 Å². The number of hydrogen-bond donors (Lipinski definition) is 1. The van der Waals surface area contributed by atoms with E-state index < -0.39 is 5.60 Å². The van der Waals surface area contributed by atoms with Crippen LogP contribution in [-0.2, 0) is 0 Å². The van der Waals surface area contributed by atoms with E-state index >= 15 is 0 Å². The van der Waals surface area contributed by atoms with Crippen molar-refractivity contribution in [1.29, 1.82) is 0 Å². The Morgan fingerprint density at radius 2 is 1.67 bits per heavy atom. The molecular formula is C12H24N2O. The van der Waals surface area contributed by atoms with Crippen LogP contribution in [0.15, 0.2) is 12.2 Å². The summed E-state index contributed by atoms with van der Waals surface area (Å²) in [6, 6.07) is 0. The van der Waals surface area contributed by atoms with Gasteiger partial charge in [0.05, 0.1) is 5.60 Å². The summed E-state index contributed by atoms with van der Waals surface area (Å²) in [6.45, 7) is 15.8. The first-order valence-electron chi connectivity index (χ1n) is 5.68. The number of nitrogens with zero attached hydrogens (tertiary/aromatic N) is 2. The van der Waals surface area contributed by atoms with Crippen LogP contribution in [-0.4, -0.2) is 59.8 Å². The van der Waals surface area contributed by atoms with E-state index in [1.807, 2.05) is 13.8 Å². The average molecular weight is 212 g/mol. The Balaban J connectivity index is 2.27. The third-order valence-electron chi connectivity index (χ3n) is 2.57. The van der Waals surface area contributed by atoms with Gasteiger partial charge in [-0.05, 0) is 20.8 Å². The second-order valence-corrected chi connectivity index (χ2v) is 5.32. The van der Waals surface area contributed by atoms with E-state index in [0.717, 1.165) is 39.3 Å². The molecule has 88 valence electrons. The molecule has 1 rings (SSSR count). The Labute approximate surface area is 93.4 Å². The van der Waals surface area contributed by atoms with Gasteiger partial charge in [-0.1, -0.05) is 12.2 Å². The van der Waals surface area contributed by atoms with Crippen LogP contribution in [0, 0.1) is 0 Å². The van der Waals surface area contributed by atoms with Gasteiger partial charge in [-0.3, -0.25) is 9.80 Å². The fourth-order valence-corrected chi connectivity index (χ4v) is 2.03. The van der Waals surface area contributed by atoms with E-state index in [0.29, 0.717) is 0 Å². The number of hydrogen-bond acceptors (Lipinski definition) is 3. The Morgan fingerprint density at radius 3 is 2.07 bits per heavy atom. The molecule has 1 aliphatic heterocycles. The first-order chi connectivity index (χ1) is 6.87. The normalized spacial score (nSPS) is 20.5. The largest absolute Gasteiger partial charge is 0.389 e. The summed E-state index contributed by atoms with van der Waals surface area (Å²) >= 11 is 0. The summed E-state index contributed by atoms with van der Waals surface area (Å²) in [5, 5.41) is 9.71. The summed E-state index contributed by atoms with van der Waals surface area (Å²) in [4.78, 5) is 4.75. The van der Waals surface area contributed by atoms with Gasteiger partial charge in [0.1, 0.15) is 0 Å². The van der Waals surface area contributed by atoms with E-state index in [4.69, 9.17) is 0 Å². The molecule has 0 atom stereocenters. The minimum atomic E-state index is -0.573. The predicted molar refractivity (Wildman–Crippen MR) is 64.0 cm³/mol. The smallest absolute Gasteiger partial charge is 0.0718 e. The van der Waals surface area contributed by atoms with Crippen molar-refractivity contribution in [2.45, 2.75) is 26.4 Å². The van der Waals surface area contributed by atoms with Gasteiger partial charge in [0.15, 0.2) is 0 Å². The van der Waals surface area contributed by atoms with Crippen molar-refractivity contribution < 1.29 is 5.11 Å². The number of rotatable bonds is 4. The fraction of sp³-hybridized carbons (Fsp3) is 0.833. The molecule has 0 aromatic carbocycles. The lowest BCUT2D eigenvalue weighted by molar-refractivity contribution is 0.0190. The lowest BCUT2D eigenvalue weighted by Gasteiger charge is -2.37. The van der Waals surface area contributed by atoms with Gasteiger partial charge in [-0.2, -0.15) is 0 Å². The second-order valence-electron chi connectivity index (χ2n) is 5.32. The highest BCUT2D eigenvalue weighted by molar-refractivity contribution is 4.93. The van der Waals surface area contributed by atoms with Crippen LogP contribution >= 0.6 is 0 Å². The minimum absolute atomic E-state index is 0.573. The van der Waals surface area contributed by atoms with E-state index in [-0.39, 0.29) is 0 Å². The molecule has 15 heavy (non-hydrogen) atoms. The van der Waals surface area contributed by atoms with Gasteiger partial charge in [0, 0.05) is 39.3 Å². The van der Waals surface area contributed by atoms with Crippen molar-refractivity contribution >= 4 is 0 Å². The SMILES string of the molecule is C=C(C)CN1CCN(CC(C)(C)O)CC1. The van der Waals surface area contributed by atoms with Crippen LogP contribution in [0.2, 0.25) is 0 Å². The molecule has 0 unspecified atom stereocenters. The van der Waals surface area contributed by atoms with Crippen LogP contribution in [0.4, 0.5) is 0 Å². The Kier molecular flexibility index (Phi) is 4.32. The summed E-state index contributed by atoms with van der Waals surface area (Å²) < 4.78 is 0. The summed E-state index contributed by atoms with van der Waals surface area (Å²) in [5.74, 6) is 0. The average Bonchev–Trinajstić information content (AvgIpc) is 2.05. The molecule has 0 saturated carbocycles. The molecule has 0 spiro atoms. The Morgan fingerprint density at radius 1 is 1.20 bits per heavy atom. The molecule has 1 aliphatic rings. The number of aliphatic hydroxyl groups is 1. The van der Waals surface area contributed by atoms with Gasteiger partial charge < -0.3 is 5.11 Å². The third kappa shape index (κ3) is 5.30. The summed E-state index contributed by atoms with van der Waals surface area (Å²) in [5.41, 5.74) is 0.655. The van der Waals surface area contributed by atoms with Crippen molar-refractivity contribution in [2.24, 2.45) is 0 Å². The van der Waals surface area contributed by atoms with Gasteiger partial charge >= 0.3 is 0 Å². The van der Waals surface area contributed by atoms with Crippen molar-refractivity contribution in [1.82, 2.24) is 9.80 Å². The zero-order chi connectivity index (χ0) is 11.5. The van der Waals surface area contributed by atoms with Gasteiger partial charge in [0.25, 0.3) is 0 Å². The van der Waals surface area contributed by atoms with E-state index in [1.165, 1.54) is 5.57 Å². The zero-order valence-electron chi connectivity index (χ0n) is 10.3. The maximum Gasteiger partial charge on any atom is 0.0718 e. The van der Waals surface area contributed by atoms with Gasteiger partial charge in [0.2, 0.25) is 0 Å². The molecule has 3 nitrogen and oxygen atoms in total. The molecule has 1 N–H and O–H groups in total. The monoisotopic (exact) mass is 212 g/mol. The lowest BCUT2D eigenvalue weighted by atomic mass is 10.1. The predicted octanol–water partition coefficient (Wildman–Crippen LogP) is 0.951. The highest BCUT2D eigenvalue weighted by Crippen LogP contribution is 2.09. The van der Waals surface area contributed by atoms with Gasteiger partial charge in [-0.15, -0.1) is 0 Å². The molecule has 0 amide bonds. The minimum Gasteiger partial charge on any atom is -0.389 e. The molecule has 1 fully saturated rings. The maximum atomic E-state index is 9.71. The Hall–Kier alpha value is -0.380. The number of piperazine rings is 1.